The van der Waals surface area contributed by atoms with Gasteiger partial charge in [-0.2, -0.15) is 0 Å². The maximum absolute atomic E-state index is 6.02. The normalized spacial score (nSPS) is 16.8. The number of methoxy groups -OCH3 is 1. The number of ether oxygens (including phenoxy) is 2. The summed E-state index contributed by atoms with van der Waals surface area (Å²) in [5.41, 5.74) is 0.714. The third-order valence-electron chi connectivity index (χ3n) is 2.32. The fourth-order valence-corrected chi connectivity index (χ4v) is 1.78. The molecule has 0 aliphatic carbocycles. The van der Waals surface area contributed by atoms with E-state index in [0.29, 0.717) is 10.8 Å². The number of benzene rings is 1. The van der Waals surface area contributed by atoms with E-state index in [1.165, 1.54) is 0 Å². The maximum Gasteiger partial charge on any atom is 0.141 e. The summed E-state index contributed by atoms with van der Waals surface area (Å²) >= 11 is 6.02. The molecular weight excluding hydrogens is 212 g/mol. The highest BCUT2D eigenvalue weighted by Crippen LogP contribution is 2.37. The maximum atomic E-state index is 6.02. The van der Waals surface area contributed by atoms with Crippen molar-refractivity contribution in [3.63, 3.8) is 0 Å². The molecule has 0 N–H and O–H groups in total. The molecule has 0 saturated carbocycles. The molecule has 0 aromatic heterocycles. The van der Waals surface area contributed by atoms with Gasteiger partial charge >= 0.3 is 0 Å². The van der Waals surface area contributed by atoms with Crippen molar-refractivity contribution in [2.75, 3.05) is 7.11 Å². The van der Waals surface area contributed by atoms with Gasteiger partial charge in [-0.05, 0) is 26.0 Å². The fourth-order valence-electron chi connectivity index (χ4n) is 1.53. The molecule has 1 aliphatic heterocycles. The highest BCUT2D eigenvalue weighted by atomic mass is 35.5. The molecule has 0 bridgehead atoms. The summed E-state index contributed by atoms with van der Waals surface area (Å²) in [6.45, 7) is 4.01. The number of hydrogen-bond acceptors (Lipinski definition) is 2. The van der Waals surface area contributed by atoms with Crippen molar-refractivity contribution >= 4 is 17.7 Å². The van der Waals surface area contributed by atoms with E-state index in [1.54, 1.807) is 7.11 Å². The first kappa shape index (κ1) is 10.4. The molecule has 2 rings (SSSR count). The molecule has 0 unspecified atom stereocenters. The average molecular weight is 225 g/mol. The Labute approximate surface area is 94.5 Å². The van der Waals surface area contributed by atoms with Crippen LogP contribution in [0.15, 0.2) is 18.2 Å². The molecule has 1 aromatic carbocycles. The van der Waals surface area contributed by atoms with Crippen LogP contribution in [0.4, 0.5) is 0 Å². The fraction of sp³-hybridized carbons (Fsp3) is 0.333. The predicted molar refractivity (Wildman–Crippen MR) is 61.7 cm³/mol. The van der Waals surface area contributed by atoms with Crippen LogP contribution < -0.4 is 9.47 Å². The van der Waals surface area contributed by atoms with Crippen molar-refractivity contribution in [3.05, 3.63) is 28.8 Å². The highest BCUT2D eigenvalue weighted by Gasteiger charge is 2.22. The average Bonchev–Trinajstić information content (AvgIpc) is 2.17. The van der Waals surface area contributed by atoms with Crippen molar-refractivity contribution in [2.45, 2.75) is 19.4 Å². The minimum Gasteiger partial charge on any atom is -0.495 e. The summed E-state index contributed by atoms with van der Waals surface area (Å²) in [5, 5.41) is 0.601. The molecule has 0 atom stereocenters. The van der Waals surface area contributed by atoms with Gasteiger partial charge < -0.3 is 9.47 Å². The lowest BCUT2D eigenvalue weighted by Crippen LogP contribution is -2.27. The zero-order chi connectivity index (χ0) is 11.1. The summed E-state index contributed by atoms with van der Waals surface area (Å²) in [5.74, 6) is 1.45. The number of hydrogen-bond donors (Lipinski definition) is 0. The lowest BCUT2D eigenvalue weighted by molar-refractivity contribution is 0.158. The Hall–Kier alpha value is -1.15. The first-order chi connectivity index (χ1) is 7.02. The second-order valence-electron chi connectivity index (χ2n) is 4.06. The van der Waals surface area contributed by atoms with Crippen molar-refractivity contribution in [3.8, 4) is 11.5 Å². The zero-order valence-corrected chi connectivity index (χ0v) is 9.76. The topological polar surface area (TPSA) is 18.5 Å². The zero-order valence-electron chi connectivity index (χ0n) is 9.00. The smallest absolute Gasteiger partial charge is 0.141 e. The second-order valence-corrected chi connectivity index (χ2v) is 4.47. The SMILES string of the molecule is COc1cc2c(cc1Cl)C=CC(C)(C)O2. The predicted octanol–water partition coefficient (Wildman–Crippen LogP) is 3.53. The van der Waals surface area contributed by atoms with E-state index >= 15 is 0 Å². The standard InChI is InChI=1S/C12H13ClO2/c1-12(2)5-4-8-6-9(13)11(14-3)7-10(8)15-12/h4-7H,1-3H3. The minimum absolute atomic E-state index is 0.272. The third-order valence-corrected chi connectivity index (χ3v) is 2.62. The lowest BCUT2D eigenvalue weighted by Gasteiger charge is -2.28. The van der Waals surface area contributed by atoms with Gasteiger partial charge in [-0.25, -0.2) is 0 Å². The summed E-state index contributed by atoms with van der Waals surface area (Å²) in [7, 11) is 1.59. The molecule has 1 aliphatic rings. The van der Waals surface area contributed by atoms with Crippen molar-refractivity contribution in [2.24, 2.45) is 0 Å². The van der Waals surface area contributed by atoms with E-state index in [-0.39, 0.29) is 5.60 Å². The first-order valence-corrected chi connectivity index (χ1v) is 5.15. The molecule has 0 saturated heterocycles. The van der Waals surface area contributed by atoms with Crippen LogP contribution in [0.3, 0.4) is 0 Å². The van der Waals surface area contributed by atoms with E-state index in [1.807, 2.05) is 38.1 Å². The Morgan fingerprint density at radius 3 is 2.73 bits per heavy atom. The molecule has 0 fully saturated rings. The van der Waals surface area contributed by atoms with Gasteiger partial charge in [-0.15, -0.1) is 0 Å². The van der Waals surface area contributed by atoms with Crippen LogP contribution in [-0.2, 0) is 0 Å². The van der Waals surface area contributed by atoms with Gasteiger partial charge in [0.05, 0.1) is 12.1 Å². The second kappa shape index (κ2) is 3.46. The van der Waals surface area contributed by atoms with Crippen molar-refractivity contribution in [1.82, 2.24) is 0 Å². The Kier molecular flexibility index (Phi) is 2.39. The quantitative estimate of drug-likeness (QED) is 0.727. The van der Waals surface area contributed by atoms with Crippen molar-refractivity contribution in [1.29, 1.82) is 0 Å². The molecule has 1 aromatic rings. The van der Waals surface area contributed by atoms with Gasteiger partial charge in [0.1, 0.15) is 17.1 Å². The number of rotatable bonds is 1. The Morgan fingerprint density at radius 1 is 1.33 bits per heavy atom. The molecule has 0 spiro atoms. The summed E-state index contributed by atoms with van der Waals surface area (Å²) < 4.78 is 10.9. The van der Waals surface area contributed by atoms with Crippen LogP contribution in [0.1, 0.15) is 19.4 Å². The van der Waals surface area contributed by atoms with Gasteiger partial charge in [-0.1, -0.05) is 17.7 Å². The molecule has 1 heterocycles. The van der Waals surface area contributed by atoms with E-state index in [4.69, 9.17) is 21.1 Å². The van der Waals surface area contributed by atoms with Gasteiger partial charge in [0.25, 0.3) is 0 Å². The van der Waals surface area contributed by atoms with E-state index in [0.717, 1.165) is 11.3 Å². The Bertz CT molecular complexity index is 422. The summed E-state index contributed by atoms with van der Waals surface area (Å²) in [6.07, 6.45) is 4.03. The van der Waals surface area contributed by atoms with Crippen LogP contribution in [0, 0.1) is 0 Å². The number of halogens is 1. The molecule has 0 radical (unpaired) electrons. The van der Waals surface area contributed by atoms with Crippen molar-refractivity contribution < 1.29 is 9.47 Å². The van der Waals surface area contributed by atoms with E-state index in [9.17, 15) is 0 Å². The molecular formula is C12H13ClO2. The Balaban J connectivity index is 2.49. The first-order valence-electron chi connectivity index (χ1n) is 4.77. The largest absolute Gasteiger partial charge is 0.495 e. The summed E-state index contributed by atoms with van der Waals surface area (Å²) in [6, 6.07) is 3.67. The van der Waals surface area contributed by atoms with Gasteiger partial charge in [0, 0.05) is 11.6 Å². The minimum atomic E-state index is -0.272. The van der Waals surface area contributed by atoms with Crippen LogP contribution in [0.5, 0.6) is 11.5 Å². The van der Waals surface area contributed by atoms with Crippen LogP contribution >= 0.6 is 11.6 Å². The third kappa shape index (κ3) is 1.95. The summed E-state index contributed by atoms with van der Waals surface area (Å²) in [4.78, 5) is 0. The lowest BCUT2D eigenvalue weighted by atomic mass is 10.0. The van der Waals surface area contributed by atoms with E-state index < -0.39 is 0 Å². The van der Waals surface area contributed by atoms with Gasteiger partial charge in [0.2, 0.25) is 0 Å². The van der Waals surface area contributed by atoms with Gasteiger partial charge in [0.15, 0.2) is 0 Å². The molecule has 15 heavy (non-hydrogen) atoms. The molecule has 0 amide bonds. The molecule has 3 heteroatoms. The number of fused-ring (bicyclic) bond motifs is 1. The van der Waals surface area contributed by atoms with Crippen LogP contribution in [0.25, 0.3) is 6.08 Å². The Morgan fingerprint density at radius 2 is 2.07 bits per heavy atom. The molecule has 2 nitrogen and oxygen atoms in total. The van der Waals surface area contributed by atoms with Crippen LogP contribution in [-0.4, -0.2) is 12.7 Å². The van der Waals surface area contributed by atoms with Crippen LogP contribution in [0.2, 0.25) is 5.02 Å². The molecule has 80 valence electrons. The van der Waals surface area contributed by atoms with Gasteiger partial charge in [-0.3, -0.25) is 0 Å². The highest BCUT2D eigenvalue weighted by molar-refractivity contribution is 6.32. The van der Waals surface area contributed by atoms with E-state index in [2.05, 4.69) is 0 Å². The monoisotopic (exact) mass is 224 g/mol.